The van der Waals surface area contributed by atoms with E-state index in [-0.39, 0.29) is 24.1 Å². The number of rotatable bonds is 5. The molecular weight excluding hydrogens is 352 g/mol. The van der Waals surface area contributed by atoms with Gasteiger partial charge in [-0.3, -0.25) is 24.0 Å². The van der Waals surface area contributed by atoms with Gasteiger partial charge < -0.3 is 15.1 Å². The second-order valence-electron chi connectivity index (χ2n) is 6.81. The fourth-order valence-electron chi connectivity index (χ4n) is 3.31. The zero-order chi connectivity index (χ0) is 19.7. The molecule has 1 aromatic rings. The molecule has 3 heterocycles. The molecule has 0 spiro atoms. The number of nitrogens with zero attached hydrogens (tertiary/aromatic N) is 5. The highest BCUT2D eigenvalue weighted by molar-refractivity contribution is 6.05. The van der Waals surface area contributed by atoms with Crippen LogP contribution in [0.1, 0.15) is 31.2 Å². The Kier molecular flexibility index (Phi) is 5.15. The Bertz CT molecular complexity index is 788. The Labute approximate surface area is 157 Å². The zero-order valence-electron chi connectivity index (χ0n) is 15.8. The summed E-state index contributed by atoms with van der Waals surface area (Å²) in [7, 11) is 2.95. The summed E-state index contributed by atoms with van der Waals surface area (Å²) in [6.45, 7) is 3.58. The van der Waals surface area contributed by atoms with Crippen molar-refractivity contribution in [1.82, 2.24) is 29.8 Å². The molecule has 2 aliphatic rings. The lowest BCUT2D eigenvalue weighted by atomic mass is 10.1. The Hall–Kier alpha value is -2.91. The maximum Gasteiger partial charge on any atom is 0.326 e. The van der Waals surface area contributed by atoms with Gasteiger partial charge in [-0.05, 0) is 6.07 Å². The third-order valence-corrected chi connectivity index (χ3v) is 5.03. The van der Waals surface area contributed by atoms with Crippen molar-refractivity contribution in [3.05, 3.63) is 17.5 Å². The maximum atomic E-state index is 12.7. The normalized spacial score (nSPS) is 19.5. The van der Waals surface area contributed by atoms with E-state index in [1.807, 2.05) is 10.7 Å². The fourth-order valence-corrected chi connectivity index (χ4v) is 3.31. The molecule has 1 aromatic heterocycles. The maximum absolute atomic E-state index is 12.7. The van der Waals surface area contributed by atoms with Crippen LogP contribution in [0.4, 0.5) is 4.79 Å². The molecule has 3 rings (SSSR count). The van der Waals surface area contributed by atoms with Crippen LogP contribution in [0, 0.1) is 0 Å². The fraction of sp³-hybridized carbons (Fsp3) is 0.588. The van der Waals surface area contributed by atoms with Crippen molar-refractivity contribution >= 4 is 23.8 Å². The first kappa shape index (κ1) is 18.9. The predicted octanol–water partition coefficient (Wildman–Crippen LogP) is -0.466. The van der Waals surface area contributed by atoms with Crippen molar-refractivity contribution in [2.24, 2.45) is 0 Å². The molecule has 1 saturated heterocycles. The highest BCUT2D eigenvalue weighted by Crippen LogP contribution is 2.20. The number of fused-ring (bicyclic) bond motifs is 1. The molecule has 0 radical (unpaired) electrons. The number of hydrogen-bond donors (Lipinski definition) is 1. The van der Waals surface area contributed by atoms with Crippen LogP contribution in [0.25, 0.3) is 0 Å². The van der Waals surface area contributed by atoms with Crippen LogP contribution in [0.3, 0.4) is 0 Å². The van der Waals surface area contributed by atoms with E-state index < -0.39 is 12.1 Å². The van der Waals surface area contributed by atoms with E-state index >= 15 is 0 Å². The Morgan fingerprint density at radius 3 is 2.63 bits per heavy atom. The van der Waals surface area contributed by atoms with Gasteiger partial charge in [-0.1, -0.05) is 6.92 Å². The van der Waals surface area contributed by atoms with Crippen LogP contribution >= 0.6 is 0 Å². The van der Waals surface area contributed by atoms with E-state index in [4.69, 9.17) is 0 Å². The highest BCUT2D eigenvalue weighted by atomic mass is 16.2. The van der Waals surface area contributed by atoms with Crippen molar-refractivity contribution in [3.8, 4) is 0 Å². The molecule has 10 nitrogen and oxygen atoms in total. The number of imide groups is 1. The van der Waals surface area contributed by atoms with Gasteiger partial charge in [-0.25, -0.2) is 4.79 Å². The van der Waals surface area contributed by atoms with Crippen molar-refractivity contribution in [2.75, 3.05) is 20.6 Å². The number of urea groups is 1. The molecule has 1 unspecified atom stereocenters. The van der Waals surface area contributed by atoms with Gasteiger partial charge in [0, 0.05) is 27.1 Å². The second-order valence-corrected chi connectivity index (χ2v) is 6.81. The van der Waals surface area contributed by atoms with E-state index in [0.29, 0.717) is 32.6 Å². The molecule has 1 atom stereocenters. The smallest absolute Gasteiger partial charge is 0.326 e. The molecule has 27 heavy (non-hydrogen) atoms. The third-order valence-electron chi connectivity index (χ3n) is 5.03. The number of nitrogens with one attached hydrogen (secondary N) is 1. The quantitative estimate of drug-likeness (QED) is 0.700. The number of aromatic nitrogens is 2. The lowest BCUT2D eigenvalue weighted by molar-refractivity contribution is -0.137. The first-order valence-corrected chi connectivity index (χ1v) is 8.96. The molecule has 146 valence electrons. The van der Waals surface area contributed by atoms with Gasteiger partial charge in [0.1, 0.15) is 6.04 Å². The van der Waals surface area contributed by atoms with Crippen LogP contribution in [0.15, 0.2) is 6.07 Å². The number of amides is 5. The van der Waals surface area contributed by atoms with E-state index in [2.05, 4.69) is 10.4 Å². The standard InChI is InChI=1S/C17H24N6O4/c1-4-14(24)18-9-11-7-12-10-22(5-6-23(12)19-11)15(25)8-13-16(26)21(3)17(27)20(13)2/h7,13H,4-6,8-10H2,1-3H3,(H,18,24). The molecule has 0 aliphatic carbocycles. The van der Waals surface area contributed by atoms with E-state index in [9.17, 15) is 19.2 Å². The van der Waals surface area contributed by atoms with Crippen molar-refractivity contribution < 1.29 is 19.2 Å². The van der Waals surface area contributed by atoms with Crippen LogP contribution < -0.4 is 5.32 Å². The topological polar surface area (TPSA) is 108 Å². The first-order valence-electron chi connectivity index (χ1n) is 8.96. The SMILES string of the molecule is CCC(=O)NCc1cc2n(n1)CCN(C(=O)CC1C(=O)N(C)C(=O)N1C)C2. The summed E-state index contributed by atoms with van der Waals surface area (Å²) in [4.78, 5) is 52.0. The van der Waals surface area contributed by atoms with E-state index in [0.717, 1.165) is 16.3 Å². The third kappa shape index (κ3) is 3.64. The lowest BCUT2D eigenvalue weighted by Crippen LogP contribution is -2.42. The molecule has 0 saturated carbocycles. The largest absolute Gasteiger partial charge is 0.350 e. The number of carbonyl (C=O) groups is 4. The number of hydrogen-bond acceptors (Lipinski definition) is 5. The Morgan fingerprint density at radius 2 is 2.00 bits per heavy atom. The molecule has 10 heteroatoms. The first-order chi connectivity index (χ1) is 12.8. The Balaban J connectivity index is 1.61. The molecule has 2 aliphatic heterocycles. The Morgan fingerprint density at radius 1 is 1.26 bits per heavy atom. The summed E-state index contributed by atoms with van der Waals surface area (Å²) in [6.07, 6.45) is 0.390. The van der Waals surface area contributed by atoms with Gasteiger partial charge in [-0.2, -0.15) is 5.10 Å². The molecule has 1 N–H and O–H groups in total. The van der Waals surface area contributed by atoms with Crippen LogP contribution in [0.2, 0.25) is 0 Å². The summed E-state index contributed by atoms with van der Waals surface area (Å²) in [5, 5.41) is 7.23. The van der Waals surface area contributed by atoms with E-state index in [1.54, 1.807) is 11.8 Å². The van der Waals surface area contributed by atoms with Gasteiger partial charge in [0.15, 0.2) is 0 Å². The minimum absolute atomic E-state index is 0.0288. The lowest BCUT2D eigenvalue weighted by Gasteiger charge is -2.29. The van der Waals surface area contributed by atoms with Gasteiger partial charge in [0.25, 0.3) is 5.91 Å². The minimum Gasteiger partial charge on any atom is -0.350 e. The van der Waals surface area contributed by atoms with Crippen LogP contribution in [-0.4, -0.2) is 74.9 Å². The van der Waals surface area contributed by atoms with Gasteiger partial charge in [0.05, 0.1) is 37.4 Å². The zero-order valence-corrected chi connectivity index (χ0v) is 15.8. The molecule has 0 aromatic carbocycles. The molecule has 1 fully saturated rings. The minimum atomic E-state index is -0.748. The predicted molar refractivity (Wildman–Crippen MR) is 94.1 cm³/mol. The van der Waals surface area contributed by atoms with Crippen molar-refractivity contribution in [1.29, 1.82) is 0 Å². The average molecular weight is 376 g/mol. The highest BCUT2D eigenvalue weighted by Gasteiger charge is 2.42. The van der Waals surface area contributed by atoms with Gasteiger partial charge in [0.2, 0.25) is 11.8 Å². The van der Waals surface area contributed by atoms with E-state index in [1.165, 1.54) is 19.0 Å². The van der Waals surface area contributed by atoms with Crippen LogP contribution in [-0.2, 0) is 34.0 Å². The summed E-state index contributed by atoms with van der Waals surface area (Å²) >= 11 is 0. The number of likely N-dealkylation sites (N-methyl/N-ethyl adjacent to an activating group) is 2. The summed E-state index contributed by atoms with van der Waals surface area (Å²) in [5.74, 6) is -0.564. The summed E-state index contributed by atoms with van der Waals surface area (Å²) in [6, 6.07) is 0.731. The number of carbonyl (C=O) groups excluding carboxylic acids is 4. The monoisotopic (exact) mass is 376 g/mol. The second kappa shape index (κ2) is 7.37. The van der Waals surface area contributed by atoms with Crippen molar-refractivity contribution in [3.63, 3.8) is 0 Å². The molecule has 0 bridgehead atoms. The van der Waals surface area contributed by atoms with Crippen molar-refractivity contribution in [2.45, 2.75) is 45.4 Å². The van der Waals surface area contributed by atoms with Gasteiger partial charge in [-0.15, -0.1) is 0 Å². The van der Waals surface area contributed by atoms with Crippen LogP contribution in [0.5, 0.6) is 0 Å². The summed E-state index contributed by atoms with van der Waals surface area (Å²) < 4.78 is 1.83. The average Bonchev–Trinajstić information content (AvgIpc) is 3.16. The molecular formula is C17H24N6O4. The molecule has 5 amide bonds. The summed E-state index contributed by atoms with van der Waals surface area (Å²) in [5.41, 5.74) is 1.63. The van der Waals surface area contributed by atoms with Gasteiger partial charge >= 0.3 is 6.03 Å².